The standard InChI is InChI=1S/C15H17N5O2S/c1-9-15(10(2)19-18-9)23(21,22)20-13-6-4-5-12(7-13)14-8-16-11(3)17-14/h4-8,20H,1-3H3,(H,16,17)(H,18,19). The van der Waals surface area contributed by atoms with E-state index in [2.05, 4.69) is 24.9 Å². The second-order valence-electron chi connectivity index (χ2n) is 5.33. The van der Waals surface area contributed by atoms with Gasteiger partial charge in [-0.15, -0.1) is 0 Å². The molecule has 0 atom stereocenters. The van der Waals surface area contributed by atoms with Crippen molar-refractivity contribution in [2.75, 3.05) is 4.72 Å². The molecule has 0 saturated heterocycles. The highest BCUT2D eigenvalue weighted by Crippen LogP contribution is 2.24. The zero-order valence-electron chi connectivity index (χ0n) is 13.0. The third-order valence-electron chi connectivity index (χ3n) is 3.46. The first-order chi connectivity index (χ1) is 10.9. The molecule has 0 radical (unpaired) electrons. The molecule has 0 saturated carbocycles. The average molecular weight is 331 g/mol. The van der Waals surface area contributed by atoms with E-state index in [-0.39, 0.29) is 4.90 Å². The number of nitrogens with zero attached hydrogens (tertiary/aromatic N) is 2. The lowest BCUT2D eigenvalue weighted by Crippen LogP contribution is -2.14. The number of rotatable bonds is 4. The van der Waals surface area contributed by atoms with Crippen LogP contribution in [-0.4, -0.2) is 28.6 Å². The molecule has 2 aromatic heterocycles. The van der Waals surface area contributed by atoms with E-state index in [1.54, 1.807) is 38.2 Å². The Kier molecular flexibility index (Phi) is 3.69. The van der Waals surface area contributed by atoms with Crippen molar-refractivity contribution in [3.63, 3.8) is 0 Å². The van der Waals surface area contributed by atoms with Gasteiger partial charge in [-0.05, 0) is 32.9 Å². The van der Waals surface area contributed by atoms with Crippen LogP contribution in [0.3, 0.4) is 0 Å². The van der Waals surface area contributed by atoms with E-state index in [1.807, 2.05) is 13.0 Å². The summed E-state index contributed by atoms with van der Waals surface area (Å²) in [5, 5.41) is 6.62. The minimum atomic E-state index is -3.69. The maximum atomic E-state index is 12.6. The maximum Gasteiger partial charge on any atom is 0.265 e. The first-order valence-corrected chi connectivity index (χ1v) is 8.51. The smallest absolute Gasteiger partial charge is 0.265 e. The van der Waals surface area contributed by atoms with Gasteiger partial charge in [0.2, 0.25) is 0 Å². The fraction of sp³-hybridized carbons (Fsp3) is 0.200. The zero-order chi connectivity index (χ0) is 16.6. The van der Waals surface area contributed by atoms with Crippen LogP contribution in [0.2, 0.25) is 0 Å². The van der Waals surface area contributed by atoms with E-state index in [1.165, 1.54) is 0 Å². The number of benzene rings is 1. The molecule has 23 heavy (non-hydrogen) atoms. The molecule has 1 aromatic carbocycles. The number of aromatic amines is 2. The quantitative estimate of drug-likeness (QED) is 0.683. The molecule has 0 bridgehead atoms. The first kappa shape index (κ1) is 15.3. The number of sulfonamides is 1. The van der Waals surface area contributed by atoms with Gasteiger partial charge in [0, 0.05) is 11.3 Å². The van der Waals surface area contributed by atoms with E-state index in [0.29, 0.717) is 17.1 Å². The molecule has 8 heteroatoms. The van der Waals surface area contributed by atoms with Gasteiger partial charge in [0.05, 0.1) is 23.3 Å². The molecule has 0 aliphatic carbocycles. The molecule has 3 rings (SSSR count). The van der Waals surface area contributed by atoms with Gasteiger partial charge in [0.15, 0.2) is 0 Å². The summed E-state index contributed by atoms with van der Waals surface area (Å²) in [6.07, 6.45) is 1.72. The number of anilines is 1. The third kappa shape index (κ3) is 2.98. The van der Waals surface area contributed by atoms with Crippen molar-refractivity contribution in [3.8, 4) is 11.3 Å². The summed E-state index contributed by atoms with van der Waals surface area (Å²) in [5.74, 6) is 0.802. The second kappa shape index (κ2) is 5.54. The Hall–Kier alpha value is -2.61. The highest BCUT2D eigenvalue weighted by atomic mass is 32.2. The molecule has 3 N–H and O–H groups in total. The van der Waals surface area contributed by atoms with Crippen LogP contribution >= 0.6 is 0 Å². The predicted molar refractivity (Wildman–Crippen MR) is 87.6 cm³/mol. The number of aryl methyl sites for hydroxylation is 3. The Morgan fingerprint density at radius 2 is 1.96 bits per heavy atom. The monoisotopic (exact) mass is 331 g/mol. The summed E-state index contributed by atoms with van der Waals surface area (Å²) in [7, 11) is -3.69. The summed E-state index contributed by atoms with van der Waals surface area (Å²) < 4.78 is 27.7. The van der Waals surface area contributed by atoms with Crippen molar-refractivity contribution in [2.24, 2.45) is 0 Å². The minimum Gasteiger partial charge on any atom is -0.342 e. The van der Waals surface area contributed by atoms with Gasteiger partial charge >= 0.3 is 0 Å². The molecule has 0 spiro atoms. The van der Waals surface area contributed by atoms with Gasteiger partial charge in [-0.1, -0.05) is 12.1 Å². The van der Waals surface area contributed by atoms with Gasteiger partial charge in [-0.25, -0.2) is 13.4 Å². The van der Waals surface area contributed by atoms with E-state index in [0.717, 1.165) is 17.1 Å². The first-order valence-electron chi connectivity index (χ1n) is 7.03. The molecule has 3 aromatic rings. The largest absolute Gasteiger partial charge is 0.342 e. The number of H-pyrrole nitrogens is 2. The van der Waals surface area contributed by atoms with Gasteiger partial charge < -0.3 is 4.98 Å². The van der Waals surface area contributed by atoms with Crippen LogP contribution in [0, 0.1) is 20.8 Å². The Morgan fingerprint density at radius 1 is 1.17 bits per heavy atom. The predicted octanol–water partition coefficient (Wildman–Crippen LogP) is 2.53. The number of nitrogens with one attached hydrogen (secondary N) is 3. The molecule has 120 valence electrons. The van der Waals surface area contributed by atoms with Gasteiger partial charge in [-0.3, -0.25) is 9.82 Å². The Labute approximate surface area is 134 Å². The fourth-order valence-corrected chi connectivity index (χ4v) is 3.88. The van der Waals surface area contributed by atoms with E-state index in [4.69, 9.17) is 0 Å². The molecule has 0 unspecified atom stereocenters. The molecule has 0 aliphatic heterocycles. The summed E-state index contributed by atoms with van der Waals surface area (Å²) in [6, 6.07) is 7.14. The molecule has 0 amide bonds. The highest BCUT2D eigenvalue weighted by Gasteiger charge is 2.22. The minimum absolute atomic E-state index is 0.181. The third-order valence-corrected chi connectivity index (χ3v) is 5.10. The zero-order valence-corrected chi connectivity index (χ0v) is 13.8. The van der Waals surface area contributed by atoms with Crippen molar-refractivity contribution in [1.29, 1.82) is 0 Å². The molecule has 2 heterocycles. The van der Waals surface area contributed by atoms with Crippen LogP contribution in [0.15, 0.2) is 35.4 Å². The number of imidazole rings is 1. The maximum absolute atomic E-state index is 12.6. The Morgan fingerprint density at radius 3 is 2.57 bits per heavy atom. The van der Waals surface area contributed by atoms with Crippen molar-refractivity contribution >= 4 is 15.7 Å². The molecule has 0 fully saturated rings. The van der Waals surface area contributed by atoms with Crippen molar-refractivity contribution in [2.45, 2.75) is 25.7 Å². The molecule has 7 nitrogen and oxygen atoms in total. The lowest BCUT2D eigenvalue weighted by Gasteiger charge is -2.09. The Balaban J connectivity index is 1.94. The molecular weight excluding hydrogens is 314 g/mol. The van der Waals surface area contributed by atoms with Crippen LogP contribution in [-0.2, 0) is 10.0 Å². The van der Waals surface area contributed by atoms with Gasteiger partial charge in [-0.2, -0.15) is 5.10 Å². The molecule has 0 aliphatic rings. The van der Waals surface area contributed by atoms with Crippen LogP contribution in [0.1, 0.15) is 17.2 Å². The van der Waals surface area contributed by atoms with E-state index in [9.17, 15) is 8.42 Å². The van der Waals surface area contributed by atoms with Crippen LogP contribution < -0.4 is 4.72 Å². The summed E-state index contributed by atoms with van der Waals surface area (Å²) in [6.45, 7) is 5.20. The SMILES string of the molecule is Cc1ncc(-c2cccc(NS(=O)(=O)c3c(C)n[nH]c3C)c2)[nH]1. The topological polar surface area (TPSA) is 104 Å². The lowest BCUT2D eigenvalue weighted by molar-refractivity contribution is 0.600. The van der Waals surface area contributed by atoms with Crippen molar-refractivity contribution in [1.82, 2.24) is 20.2 Å². The number of hydrogen-bond donors (Lipinski definition) is 3. The lowest BCUT2D eigenvalue weighted by atomic mass is 10.1. The summed E-state index contributed by atoms with van der Waals surface area (Å²) in [5.41, 5.74) is 3.12. The normalized spacial score (nSPS) is 11.6. The second-order valence-corrected chi connectivity index (χ2v) is 6.95. The summed E-state index contributed by atoms with van der Waals surface area (Å²) >= 11 is 0. The van der Waals surface area contributed by atoms with Gasteiger partial charge in [0.25, 0.3) is 10.0 Å². The van der Waals surface area contributed by atoms with Crippen molar-refractivity contribution in [3.05, 3.63) is 47.7 Å². The Bertz CT molecular complexity index is 936. The molecular formula is C15H17N5O2S. The van der Waals surface area contributed by atoms with E-state index >= 15 is 0 Å². The highest BCUT2D eigenvalue weighted by molar-refractivity contribution is 7.92. The number of aromatic nitrogens is 4. The number of hydrogen-bond acceptors (Lipinski definition) is 4. The van der Waals surface area contributed by atoms with Crippen LogP contribution in [0.5, 0.6) is 0 Å². The fourth-order valence-electron chi connectivity index (χ4n) is 2.46. The average Bonchev–Trinajstić information content (AvgIpc) is 3.05. The van der Waals surface area contributed by atoms with Crippen molar-refractivity contribution < 1.29 is 8.42 Å². The van der Waals surface area contributed by atoms with Crippen LogP contribution in [0.4, 0.5) is 5.69 Å². The summed E-state index contributed by atoms with van der Waals surface area (Å²) in [4.78, 5) is 7.46. The van der Waals surface area contributed by atoms with Crippen LogP contribution in [0.25, 0.3) is 11.3 Å². The van der Waals surface area contributed by atoms with E-state index < -0.39 is 10.0 Å². The van der Waals surface area contributed by atoms with Gasteiger partial charge in [0.1, 0.15) is 10.7 Å².